The highest BCUT2D eigenvalue weighted by atomic mass is 16.2. The van der Waals surface area contributed by atoms with Crippen LogP contribution in [0.4, 0.5) is 0 Å². The number of aromatic amines is 2. The van der Waals surface area contributed by atoms with E-state index in [4.69, 9.17) is 0 Å². The lowest BCUT2D eigenvalue weighted by atomic mass is 10.1. The molecule has 0 saturated heterocycles. The molecule has 0 aliphatic carbocycles. The van der Waals surface area contributed by atoms with Crippen LogP contribution in [0.15, 0.2) is 37.7 Å². The number of rotatable bonds is 5. The predicted molar refractivity (Wildman–Crippen MR) is 90.8 cm³/mol. The molecular formula is C16H22N4O3. The van der Waals surface area contributed by atoms with Gasteiger partial charge in [0.15, 0.2) is 11.2 Å². The van der Waals surface area contributed by atoms with Crippen LogP contribution in [0.3, 0.4) is 0 Å². The van der Waals surface area contributed by atoms with Crippen molar-refractivity contribution in [2.75, 3.05) is 0 Å². The Bertz CT molecular complexity index is 946. The van der Waals surface area contributed by atoms with Crippen LogP contribution in [0.5, 0.6) is 0 Å². The number of aromatic nitrogens is 4. The maximum absolute atomic E-state index is 12.1. The van der Waals surface area contributed by atoms with Crippen molar-refractivity contribution < 1.29 is 0 Å². The average molecular weight is 318 g/mol. The minimum absolute atomic E-state index is 0.118. The zero-order valence-electron chi connectivity index (χ0n) is 13.9. The van der Waals surface area contributed by atoms with Gasteiger partial charge in [0, 0.05) is 13.6 Å². The standard InChI is InChI=1S/C16H22N4O3/c1-10(2)6-5-7-11(3)8-9-20-14-12(17-16(20)23)13(21)18-15(22)19(14)4/h6,8H,5,7,9H2,1-4H3,(H,17,23)(H,18,21,22)/b11-8+. The molecule has 0 atom stereocenters. The summed E-state index contributed by atoms with van der Waals surface area (Å²) in [6.45, 7) is 6.44. The molecule has 23 heavy (non-hydrogen) atoms. The number of nitrogens with one attached hydrogen (secondary N) is 2. The minimum Gasteiger partial charge on any atom is -0.300 e. The normalized spacial score (nSPS) is 11.9. The van der Waals surface area contributed by atoms with Gasteiger partial charge in [-0.25, -0.2) is 9.59 Å². The second-order valence-electron chi connectivity index (χ2n) is 5.93. The lowest BCUT2D eigenvalue weighted by Gasteiger charge is -2.05. The van der Waals surface area contributed by atoms with E-state index < -0.39 is 16.9 Å². The molecule has 2 rings (SSSR count). The summed E-state index contributed by atoms with van der Waals surface area (Å²) in [5, 5.41) is 0. The molecule has 0 bridgehead atoms. The fourth-order valence-electron chi connectivity index (χ4n) is 2.42. The summed E-state index contributed by atoms with van der Waals surface area (Å²) in [6.07, 6.45) is 5.96. The zero-order chi connectivity index (χ0) is 17.1. The van der Waals surface area contributed by atoms with E-state index in [0.717, 1.165) is 18.4 Å². The van der Waals surface area contributed by atoms with Gasteiger partial charge < -0.3 is 0 Å². The summed E-state index contributed by atoms with van der Waals surface area (Å²) in [6, 6.07) is 0. The first-order chi connectivity index (χ1) is 10.8. The molecule has 0 saturated carbocycles. The van der Waals surface area contributed by atoms with E-state index in [9.17, 15) is 14.4 Å². The summed E-state index contributed by atoms with van der Waals surface area (Å²) < 4.78 is 2.66. The number of fused-ring (bicyclic) bond motifs is 1. The molecule has 0 aliphatic heterocycles. The fraction of sp³-hybridized carbons (Fsp3) is 0.438. The molecule has 0 spiro atoms. The SMILES string of the molecule is CC(C)=CCC/C(C)=C/Cn1c(=O)[nH]c2c(=O)[nH]c(=O)n(C)c21. The van der Waals surface area contributed by atoms with E-state index in [2.05, 4.69) is 29.9 Å². The Kier molecular flexibility index (Phi) is 4.88. The Morgan fingerprint density at radius 2 is 1.74 bits per heavy atom. The van der Waals surface area contributed by atoms with Gasteiger partial charge >= 0.3 is 11.4 Å². The number of nitrogens with zero attached hydrogens (tertiary/aromatic N) is 2. The molecule has 0 aliphatic rings. The van der Waals surface area contributed by atoms with E-state index in [0.29, 0.717) is 12.2 Å². The van der Waals surface area contributed by atoms with Crippen LogP contribution in [0, 0.1) is 0 Å². The predicted octanol–water partition coefficient (Wildman–Crippen LogP) is 1.41. The molecule has 0 aromatic carbocycles. The van der Waals surface area contributed by atoms with E-state index in [1.165, 1.54) is 21.8 Å². The summed E-state index contributed by atoms with van der Waals surface area (Å²) in [5.74, 6) is 0. The van der Waals surface area contributed by atoms with Gasteiger partial charge in [-0.3, -0.25) is 23.9 Å². The number of imidazole rings is 1. The van der Waals surface area contributed by atoms with Gasteiger partial charge in [0.2, 0.25) is 0 Å². The van der Waals surface area contributed by atoms with Crippen molar-refractivity contribution in [3.05, 3.63) is 54.6 Å². The van der Waals surface area contributed by atoms with Crippen LogP contribution in [0.1, 0.15) is 33.6 Å². The van der Waals surface area contributed by atoms with Crippen molar-refractivity contribution in [3.8, 4) is 0 Å². The molecule has 2 aromatic heterocycles. The second-order valence-corrected chi connectivity index (χ2v) is 5.93. The van der Waals surface area contributed by atoms with Crippen LogP contribution >= 0.6 is 0 Å². The molecule has 0 unspecified atom stereocenters. The Labute approximate surface area is 133 Å². The minimum atomic E-state index is -0.580. The summed E-state index contributed by atoms with van der Waals surface area (Å²) in [4.78, 5) is 40.3. The van der Waals surface area contributed by atoms with Crippen LogP contribution in [-0.4, -0.2) is 19.1 Å². The Morgan fingerprint density at radius 1 is 1.04 bits per heavy atom. The van der Waals surface area contributed by atoms with E-state index >= 15 is 0 Å². The van der Waals surface area contributed by atoms with Crippen LogP contribution < -0.4 is 16.9 Å². The van der Waals surface area contributed by atoms with Gasteiger partial charge in [0.1, 0.15) is 0 Å². The molecule has 2 N–H and O–H groups in total. The molecule has 2 heterocycles. The molecule has 124 valence electrons. The summed E-state index contributed by atoms with van der Waals surface area (Å²) in [7, 11) is 1.52. The van der Waals surface area contributed by atoms with E-state index in [1.54, 1.807) is 0 Å². The number of H-pyrrole nitrogens is 2. The van der Waals surface area contributed by atoms with Gasteiger partial charge in [0.25, 0.3) is 5.56 Å². The highest BCUT2D eigenvalue weighted by molar-refractivity contribution is 5.69. The van der Waals surface area contributed by atoms with Crippen LogP contribution in [-0.2, 0) is 13.6 Å². The molecule has 7 nitrogen and oxygen atoms in total. The third kappa shape index (κ3) is 3.61. The number of allylic oxidation sites excluding steroid dienone is 4. The van der Waals surface area contributed by atoms with Crippen molar-refractivity contribution in [2.24, 2.45) is 7.05 Å². The van der Waals surface area contributed by atoms with E-state index in [1.807, 2.05) is 13.0 Å². The van der Waals surface area contributed by atoms with Gasteiger partial charge in [-0.15, -0.1) is 0 Å². The maximum Gasteiger partial charge on any atom is 0.329 e. The lowest BCUT2D eigenvalue weighted by Crippen LogP contribution is -2.29. The molecule has 0 amide bonds. The largest absolute Gasteiger partial charge is 0.329 e. The molecule has 0 fully saturated rings. The molecule has 2 aromatic rings. The summed E-state index contributed by atoms with van der Waals surface area (Å²) >= 11 is 0. The Morgan fingerprint density at radius 3 is 2.39 bits per heavy atom. The van der Waals surface area contributed by atoms with Crippen molar-refractivity contribution in [3.63, 3.8) is 0 Å². The topological polar surface area (TPSA) is 92.7 Å². The quantitative estimate of drug-likeness (QED) is 0.816. The first kappa shape index (κ1) is 16.8. The zero-order valence-corrected chi connectivity index (χ0v) is 13.9. The number of hydrogen-bond acceptors (Lipinski definition) is 3. The Balaban J connectivity index is 2.36. The first-order valence-corrected chi connectivity index (χ1v) is 7.52. The van der Waals surface area contributed by atoms with Crippen molar-refractivity contribution in [1.29, 1.82) is 0 Å². The van der Waals surface area contributed by atoms with Crippen LogP contribution in [0.25, 0.3) is 11.2 Å². The van der Waals surface area contributed by atoms with Gasteiger partial charge in [-0.2, -0.15) is 0 Å². The lowest BCUT2D eigenvalue weighted by molar-refractivity contribution is 0.739. The first-order valence-electron chi connectivity index (χ1n) is 7.52. The fourth-order valence-corrected chi connectivity index (χ4v) is 2.42. The smallest absolute Gasteiger partial charge is 0.300 e. The highest BCUT2D eigenvalue weighted by Gasteiger charge is 2.13. The summed E-state index contributed by atoms with van der Waals surface area (Å²) in [5.41, 5.74) is 1.33. The number of aryl methyl sites for hydroxylation is 1. The monoisotopic (exact) mass is 318 g/mol. The van der Waals surface area contributed by atoms with Crippen LogP contribution in [0.2, 0.25) is 0 Å². The van der Waals surface area contributed by atoms with Gasteiger partial charge in [-0.05, 0) is 33.6 Å². The maximum atomic E-state index is 12.1. The Hall–Kier alpha value is -2.57. The van der Waals surface area contributed by atoms with E-state index in [-0.39, 0.29) is 5.52 Å². The molecule has 0 radical (unpaired) electrons. The molecule has 7 heteroatoms. The van der Waals surface area contributed by atoms with Crippen molar-refractivity contribution in [1.82, 2.24) is 19.1 Å². The van der Waals surface area contributed by atoms with Gasteiger partial charge in [-0.1, -0.05) is 23.3 Å². The van der Waals surface area contributed by atoms with Crippen molar-refractivity contribution >= 4 is 11.2 Å². The molecular weight excluding hydrogens is 296 g/mol. The second kappa shape index (κ2) is 6.68. The van der Waals surface area contributed by atoms with Gasteiger partial charge in [0.05, 0.1) is 0 Å². The third-order valence-corrected chi connectivity index (χ3v) is 3.74. The highest BCUT2D eigenvalue weighted by Crippen LogP contribution is 2.08. The van der Waals surface area contributed by atoms with Crippen molar-refractivity contribution in [2.45, 2.75) is 40.2 Å². The third-order valence-electron chi connectivity index (χ3n) is 3.74. The average Bonchev–Trinajstić information content (AvgIpc) is 2.80. The number of hydrogen-bond donors (Lipinski definition) is 2.